The number of hydrogen-bond donors (Lipinski definition) is 0. The van der Waals surface area contributed by atoms with Crippen LogP contribution >= 0.6 is 0 Å². The van der Waals surface area contributed by atoms with Crippen LogP contribution in [0.15, 0.2) is 218 Å². The maximum absolute atomic E-state index is 9.77. The zero-order valence-corrected chi connectivity index (χ0v) is 68.0. The molecule has 0 aromatic heterocycles. The molecule has 11 aromatic rings. The van der Waals surface area contributed by atoms with E-state index < -0.39 is 48.4 Å². The van der Waals surface area contributed by atoms with Gasteiger partial charge >= 0.3 is 0 Å². The number of nitrogens with zero attached hydrogens (tertiary/aromatic N) is 2. The van der Waals surface area contributed by atoms with Gasteiger partial charge in [0.15, 0.2) is 0 Å². The molecule has 105 heavy (non-hydrogen) atoms. The van der Waals surface area contributed by atoms with Crippen LogP contribution in [0.2, 0.25) is 0 Å². The van der Waals surface area contributed by atoms with Crippen LogP contribution in [0.4, 0.5) is 34.1 Å². The lowest BCUT2D eigenvalue weighted by Gasteiger charge is -2.47. The van der Waals surface area contributed by atoms with Crippen molar-refractivity contribution in [3.05, 3.63) is 268 Å². The quantitative estimate of drug-likeness (QED) is 0.140. The highest BCUT2D eigenvalue weighted by atomic mass is 15.2. The molecule has 0 bridgehead atoms. The second-order valence-corrected chi connectivity index (χ2v) is 39.4. The van der Waals surface area contributed by atoms with E-state index in [0.29, 0.717) is 11.1 Å². The molecule has 3 heteroatoms. The maximum atomic E-state index is 9.77. The minimum atomic E-state index is -0.619. The van der Waals surface area contributed by atoms with Gasteiger partial charge in [0.05, 0.1) is 25.1 Å². The Morgan fingerprint density at radius 1 is 0.219 bits per heavy atom. The molecule has 11 aromatic carbocycles. The van der Waals surface area contributed by atoms with E-state index in [1.165, 1.54) is 33.4 Å². The van der Waals surface area contributed by atoms with Crippen LogP contribution in [0.3, 0.4) is 0 Å². The minimum Gasteiger partial charge on any atom is -0.310 e. The Labute approximate surface area is 648 Å². The van der Waals surface area contributed by atoms with Crippen LogP contribution < -0.4 is 26.2 Å². The SMILES string of the molecule is [2H]c1c([2H])c([2H])c(-c2ccc3c(c2)N(c2c(-c4ccc(C(C)(C)C)cc4)cc(C(C)(C)C)cc2-c2cc(C(C)(C)C)cc(C(C)(C)C)c2)c2cc(C(C)(C)C)cc4c2B3c2ccc(-c3c([2H])c([2H])c([2H])c([2H])c3[2H])cc2N4c2c(-c3ccc(C(C)(C)C)cc3)cc(C(C)(C)C)cc2-c2cc(C(C)(C)C)cc(C(C)(C)C)c2)c([2H])c1[2H]. The first-order chi connectivity index (χ1) is 52.9. The van der Waals surface area contributed by atoms with Crippen molar-refractivity contribution in [1.29, 1.82) is 0 Å². The fourth-order valence-electron chi connectivity index (χ4n) is 15.1. The third-order valence-electron chi connectivity index (χ3n) is 22.0. The summed E-state index contributed by atoms with van der Waals surface area (Å²) in [6, 6.07) is 55.3. The predicted octanol–water partition coefficient (Wildman–Crippen LogP) is 27.4. The first-order valence-electron chi connectivity index (χ1n) is 43.0. The van der Waals surface area contributed by atoms with Gasteiger partial charge in [-0.2, -0.15) is 0 Å². The number of hydrogen-bond acceptors (Lipinski definition) is 2. The average Bonchev–Trinajstić information content (AvgIpc) is 0.683. The van der Waals surface area contributed by atoms with Gasteiger partial charge in [0.1, 0.15) is 0 Å². The van der Waals surface area contributed by atoms with Crippen molar-refractivity contribution in [3.8, 4) is 66.8 Å². The van der Waals surface area contributed by atoms with Crippen molar-refractivity contribution < 1.29 is 13.7 Å². The van der Waals surface area contributed by atoms with E-state index >= 15 is 0 Å². The van der Waals surface area contributed by atoms with Gasteiger partial charge in [-0.05, 0) is 208 Å². The van der Waals surface area contributed by atoms with Crippen LogP contribution in [0.5, 0.6) is 0 Å². The summed E-state index contributed by atoms with van der Waals surface area (Å²) >= 11 is 0. The van der Waals surface area contributed by atoms with E-state index in [2.05, 4.69) is 342 Å². The molecular weight excluding hydrogens is 1260 g/mol. The smallest absolute Gasteiger partial charge is 0.252 e. The van der Waals surface area contributed by atoms with Crippen molar-refractivity contribution in [3.63, 3.8) is 0 Å². The van der Waals surface area contributed by atoms with Crippen molar-refractivity contribution in [1.82, 2.24) is 0 Å². The molecule has 0 spiro atoms. The molecule has 0 saturated carbocycles. The van der Waals surface area contributed by atoms with Gasteiger partial charge in [0, 0.05) is 45.0 Å². The lowest BCUT2D eigenvalue weighted by Crippen LogP contribution is -2.61. The molecule has 0 fully saturated rings. The van der Waals surface area contributed by atoms with Crippen molar-refractivity contribution in [2.75, 3.05) is 9.80 Å². The Hall–Kier alpha value is -8.92. The van der Waals surface area contributed by atoms with Gasteiger partial charge in [-0.15, -0.1) is 0 Å². The third-order valence-corrected chi connectivity index (χ3v) is 22.0. The van der Waals surface area contributed by atoms with E-state index in [4.69, 9.17) is 2.74 Å². The van der Waals surface area contributed by atoms with Gasteiger partial charge in [-0.1, -0.05) is 357 Å². The monoisotopic (exact) mass is 1390 g/mol. The molecule has 0 N–H and O–H groups in total. The molecule has 2 nitrogen and oxygen atoms in total. The fraction of sp³-hybridized carbons (Fsp3) is 0.353. The van der Waals surface area contributed by atoms with E-state index in [1.807, 2.05) is 12.1 Å². The predicted molar refractivity (Wildman–Crippen MR) is 461 cm³/mol. The number of anilines is 6. The summed E-state index contributed by atoms with van der Waals surface area (Å²) < 4.78 is 93.9. The Morgan fingerprint density at radius 3 is 0.743 bits per heavy atom. The Kier molecular flexibility index (Phi) is 15.4. The van der Waals surface area contributed by atoms with Crippen LogP contribution in [-0.2, 0) is 48.7 Å². The van der Waals surface area contributed by atoms with Gasteiger partial charge in [-0.25, -0.2) is 0 Å². The van der Waals surface area contributed by atoms with Crippen molar-refractivity contribution >= 4 is 57.2 Å². The van der Waals surface area contributed by atoms with Gasteiger partial charge in [0.2, 0.25) is 0 Å². The lowest BCUT2D eigenvalue weighted by atomic mass is 9.33. The minimum absolute atomic E-state index is 0.0793. The number of fused-ring (bicyclic) bond motifs is 4. The zero-order valence-electron chi connectivity index (χ0n) is 78.0. The molecule has 0 atom stereocenters. The molecular formula is C102H117BN2. The van der Waals surface area contributed by atoms with Crippen LogP contribution in [-0.4, -0.2) is 6.71 Å². The molecule has 13 rings (SSSR count). The molecule has 0 amide bonds. The highest BCUT2D eigenvalue weighted by molar-refractivity contribution is 7.00. The van der Waals surface area contributed by atoms with E-state index in [9.17, 15) is 11.0 Å². The molecule has 0 unspecified atom stereocenters. The zero-order chi connectivity index (χ0) is 84.7. The lowest BCUT2D eigenvalue weighted by molar-refractivity contribution is 0.568. The van der Waals surface area contributed by atoms with Gasteiger partial charge < -0.3 is 9.80 Å². The maximum Gasteiger partial charge on any atom is 0.252 e. The molecule has 538 valence electrons. The second kappa shape index (κ2) is 26.0. The van der Waals surface area contributed by atoms with E-state index in [-0.39, 0.29) is 78.6 Å². The summed E-state index contributed by atoms with van der Waals surface area (Å²) in [5.41, 5.74) is 24.3. The summed E-state index contributed by atoms with van der Waals surface area (Å²) in [5.74, 6) is 0. The van der Waals surface area contributed by atoms with Crippen LogP contribution in [0.25, 0.3) is 66.8 Å². The van der Waals surface area contributed by atoms with Crippen LogP contribution in [0.1, 0.15) is 251 Å². The first-order valence-corrected chi connectivity index (χ1v) is 38.0. The van der Waals surface area contributed by atoms with Gasteiger partial charge in [-0.3, -0.25) is 0 Å². The van der Waals surface area contributed by atoms with Crippen molar-refractivity contribution in [2.45, 2.75) is 236 Å². The van der Waals surface area contributed by atoms with E-state index in [1.54, 1.807) is 0 Å². The third kappa shape index (κ3) is 14.4. The summed E-state index contributed by atoms with van der Waals surface area (Å²) in [6.45, 7) is 60.8. The highest BCUT2D eigenvalue weighted by Crippen LogP contribution is 2.57. The van der Waals surface area contributed by atoms with Crippen molar-refractivity contribution in [2.24, 2.45) is 0 Å². The number of rotatable bonds is 8. The fourth-order valence-corrected chi connectivity index (χ4v) is 15.1. The molecule has 2 heterocycles. The normalized spacial score (nSPS) is 15.1. The molecule has 2 aliphatic rings. The molecule has 0 radical (unpaired) electrons. The summed E-state index contributed by atoms with van der Waals surface area (Å²) in [7, 11) is 0. The molecule has 0 aliphatic carbocycles. The summed E-state index contributed by atoms with van der Waals surface area (Å²) in [4.78, 5) is 4.97. The Bertz CT molecular complexity index is 5310. The highest BCUT2D eigenvalue weighted by Gasteiger charge is 2.47. The van der Waals surface area contributed by atoms with Crippen LogP contribution in [0, 0.1) is 0 Å². The first kappa shape index (κ1) is 62.3. The average molecular weight is 1390 g/mol. The largest absolute Gasteiger partial charge is 0.310 e. The number of benzene rings is 11. The molecule has 0 saturated heterocycles. The van der Waals surface area contributed by atoms with E-state index in [0.717, 1.165) is 112 Å². The summed E-state index contributed by atoms with van der Waals surface area (Å²) in [6.07, 6.45) is 0. The molecule has 2 aliphatic heterocycles. The second-order valence-electron chi connectivity index (χ2n) is 39.4. The topological polar surface area (TPSA) is 6.48 Å². The van der Waals surface area contributed by atoms with Gasteiger partial charge in [0.25, 0.3) is 6.71 Å². The Balaban J connectivity index is 1.33. The summed E-state index contributed by atoms with van der Waals surface area (Å²) in [5, 5.41) is 0. The Morgan fingerprint density at radius 2 is 0.467 bits per heavy atom. The standard InChI is InChI=1S/C102H117BN2/c1-94(2,3)72-44-38-66(39-45-72)81-58-78(100(19,20)21)60-83(70-50-74(96(7,8)9)56-75(51-70)97(10,11)12)92(81)104-87-54-68(64-34-30-28-31-35-64)42-48-85(87)103-86-49-43-69(65-36-32-29-33-37-65)55-88(86)105(90-63-80(102(25,26)27)62-89(104)91(90)103)93-82(67-40-46-73(47-41-67)95(4,5)6)59-79(101(22,23)24)61-84(93)71-52-76(98(13,14)15)57-77(53-71)99(16,17)18/h28-63H,1-27H3/i28D,29D,30D,31D,32D,33D,34D,35D,36D,37D.